The Bertz CT molecular complexity index is 720. The zero-order valence-electron chi connectivity index (χ0n) is 16.5. The van der Waals surface area contributed by atoms with Crippen LogP contribution in [0.5, 0.6) is 0 Å². The Morgan fingerprint density at radius 2 is 1.77 bits per heavy atom. The van der Waals surface area contributed by atoms with Crippen LogP contribution in [0.2, 0.25) is 0 Å². The van der Waals surface area contributed by atoms with Crippen LogP contribution in [0, 0.1) is 19.8 Å². The lowest BCUT2D eigenvalue weighted by molar-refractivity contribution is 0.606. The van der Waals surface area contributed by atoms with Gasteiger partial charge in [0.2, 0.25) is 5.95 Å². The molecule has 0 atom stereocenters. The molecule has 0 spiro atoms. The van der Waals surface area contributed by atoms with Crippen LogP contribution in [-0.4, -0.2) is 42.7 Å². The van der Waals surface area contributed by atoms with Gasteiger partial charge in [0.15, 0.2) is 0 Å². The SMILES string of the molecule is Cc1cccc(N2CCN(c3nccc(NCCC(C)C)n3)CC2)c1C. The first-order valence-electron chi connectivity index (χ1n) is 9.67. The molecule has 0 bridgehead atoms. The van der Waals surface area contributed by atoms with Crippen LogP contribution in [-0.2, 0) is 0 Å². The van der Waals surface area contributed by atoms with Crippen molar-refractivity contribution in [1.82, 2.24) is 9.97 Å². The van der Waals surface area contributed by atoms with Crippen molar-refractivity contribution in [3.63, 3.8) is 0 Å². The number of hydrogen-bond donors (Lipinski definition) is 1. The van der Waals surface area contributed by atoms with E-state index in [9.17, 15) is 0 Å². The first kappa shape index (κ1) is 18.5. The maximum absolute atomic E-state index is 4.71. The summed E-state index contributed by atoms with van der Waals surface area (Å²) < 4.78 is 0. The lowest BCUT2D eigenvalue weighted by Crippen LogP contribution is -2.47. The number of anilines is 3. The number of piperazine rings is 1. The second-order valence-electron chi connectivity index (χ2n) is 7.54. The van der Waals surface area contributed by atoms with Crippen LogP contribution in [0.15, 0.2) is 30.5 Å². The minimum Gasteiger partial charge on any atom is -0.370 e. The first-order chi connectivity index (χ1) is 12.5. The van der Waals surface area contributed by atoms with Gasteiger partial charge in [-0.15, -0.1) is 0 Å². The Kier molecular flexibility index (Phi) is 5.96. The molecule has 0 saturated carbocycles. The average Bonchev–Trinajstić information content (AvgIpc) is 2.64. The lowest BCUT2D eigenvalue weighted by atomic mass is 10.1. The van der Waals surface area contributed by atoms with E-state index in [2.05, 4.69) is 66.0 Å². The summed E-state index contributed by atoms with van der Waals surface area (Å²) in [6.45, 7) is 13.7. The van der Waals surface area contributed by atoms with Gasteiger partial charge >= 0.3 is 0 Å². The zero-order valence-corrected chi connectivity index (χ0v) is 16.5. The summed E-state index contributed by atoms with van der Waals surface area (Å²) in [6, 6.07) is 8.52. The summed E-state index contributed by atoms with van der Waals surface area (Å²) in [7, 11) is 0. The van der Waals surface area contributed by atoms with Gasteiger partial charge in [0.05, 0.1) is 0 Å². The molecule has 0 unspecified atom stereocenters. The van der Waals surface area contributed by atoms with Crippen LogP contribution < -0.4 is 15.1 Å². The average molecular weight is 354 g/mol. The third-order valence-electron chi connectivity index (χ3n) is 5.15. The van der Waals surface area contributed by atoms with Crippen LogP contribution in [0.3, 0.4) is 0 Å². The summed E-state index contributed by atoms with van der Waals surface area (Å²) >= 11 is 0. The minimum absolute atomic E-state index is 0.696. The molecule has 0 radical (unpaired) electrons. The van der Waals surface area contributed by atoms with Gasteiger partial charge in [-0.25, -0.2) is 4.98 Å². The van der Waals surface area contributed by atoms with Gasteiger partial charge in [-0.05, 0) is 49.4 Å². The first-order valence-corrected chi connectivity index (χ1v) is 9.67. The van der Waals surface area contributed by atoms with Gasteiger partial charge in [-0.3, -0.25) is 0 Å². The molecule has 2 aromatic rings. The van der Waals surface area contributed by atoms with Crippen molar-refractivity contribution in [3.05, 3.63) is 41.6 Å². The largest absolute Gasteiger partial charge is 0.370 e. The smallest absolute Gasteiger partial charge is 0.227 e. The zero-order chi connectivity index (χ0) is 18.5. The van der Waals surface area contributed by atoms with Crippen molar-refractivity contribution in [2.24, 2.45) is 5.92 Å². The van der Waals surface area contributed by atoms with Gasteiger partial charge in [-0.2, -0.15) is 4.98 Å². The fraction of sp³-hybridized carbons (Fsp3) is 0.524. The van der Waals surface area contributed by atoms with Gasteiger partial charge in [0.25, 0.3) is 0 Å². The van der Waals surface area contributed by atoms with Gasteiger partial charge in [0, 0.05) is 44.6 Å². The molecule has 0 aliphatic carbocycles. The van der Waals surface area contributed by atoms with Gasteiger partial charge < -0.3 is 15.1 Å². The number of nitrogens with one attached hydrogen (secondary N) is 1. The lowest BCUT2D eigenvalue weighted by Gasteiger charge is -2.37. The van der Waals surface area contributed by atoms with E-state index in [4.69, 9.17) is 4.98 Å². The van der Waals surface area contributed by atoms with Gasteiger partial charge in [0.1, 0.15) is 5.82 Å². The molecule has 1 aromatic carbocycles. The summed E-state index contributed by atoms with van der Waals surface area (Å²) in [5, 5.41) is 3.42. The number of aromatic nitrogens is 2. The fourth-order valence-corrected chi connectivity index (χ4v) is 3.31. The number of hydrogen-bond acceptors (Lipinski definition) is 5. The highest BCUT2D eigenvalue weighted by molar-refractivity contribution is 5.57. The van der Waals surface area contributed by atoms with Crippen molar-refractivity contribution in [2.75, 3.05) is 47.8 Å². The molecule has 5 nitrogen and oxygen atoms in total. The number of benzene rings is 1. The molecule has 1 saturated heterocycles. The highest BCUT2D eigenvalue weighted by Gasteiger charge is 2.20. The molecule has 1 aliphatic heterocycles. The van der Waals surface area contributed by atoms with Crippen LogP contribution in [0.1, 0.15) is 31.4 Å². The third-order valence-corrected chi connectivity index (χ3v) is 5.15. The Morgan fingerprint density at radius 3 is 2.50 bits per heavy atom. The number of nitrogens with zero attached hydrogens (tertiary/aromatic N) is 4. The molecule has 2 heterocycles. The second-order valence-corrected chi connectivity index (χ2v) is 7.54. The molecule has 1 aromatic heterocycles. The van der Waals surface area contributed by atoms with E-state index in [1.165, 1.54) is 16.8 Å². The van der Waals surface area contributed by atoms with E-state index in [-0.39, 0.29) is 0 Å². The Hall–Kier alpha value is -2.30. The van der Waals surface area contributed by atoms with Crippen molar-refractivity contribution < 1.29 is 0 Å². The van der Waals surface area contributed by atoms with Gasteiger partial charge in [-0.1, -0.05) is 26.0 Å². The topological polar surface area (TPSA) is 44.3 Å². The van der Waals surface area contributed by atoms with E-state index in [0.29, 0.717) is 5.92 Å². The molecule has 1 N–H and O–H groups in total. The maximum Gasteiger partial charge on any atom is 0.227 e. The third kappa shape index (κ3) is 4.45. The minimum atomic E-state index is 0.696. The highest BCUT2D eigenvalue weighted by atomic mass is 15.3. The van der Waals surface area contributed by atoms with Crippen LogP contribution in [0.25, 0.3) is 0 Å². The van der Waals surface area contributed by atoms with Crippen molar-refractivity contribution >= 4 is 17.5 Å². The van der Waals surface area contributed by atoms with E-state index in [1.54, 1.807) is 0 Å². The molecule has 1 aliphatic rings. The molecule has 140 valence electrons. The van der Waals surface area contributed by atoms with E-state index < -0.39 is 0 Å². The van der Waals surface area contributed by atoms with E-state index in [0.717, 1.165) is 50.9 Å². The molecule has 1 fully saturated rings. The molecular weight excluding hydrogens is 322 g/mol. The number of rotatable bonds is 6. The second kappa shape index (κ2) is 8.39. The molecule has 5 heteroatoms. The Morgan fingerprint density at radius 1 is 1.04 bits per heavy atom. The Balaban J connectivity index is 1.60. The fourth-order valence-electron chi connectivity index (χ4n) is 3.31. The monoisotopic (exact) mass is 353 g/mol. The van der Waals surface area contributed by atoms with E-state index in [1.807, 2.05) is 12.3 Å². The Labute approximate surface area is 157 Å². The van der Waals surface area contributed by atoms with E-state index >= 15 is 0 Å². The predicted molar refractivity (Wildman–Crippen MR) is 110 cm³/mol. The number of aryl methyl sites for hydroxylation is 1. The molecule has 0 amide bonds. The van der Waals surface area contributed by atoms with Crippen molar-refractivity contribution in [1.29, 1.82) is 0 Å². The normalized spacial score (nSPS) is 14.8. The molecule has 3 rings (SSSR count). The molecular formula is C21H31N5. The maximum atomic E-state index is 4.71. The summed E-state index contributed by atoms with van der Waals surface area (Å²) in [6.07, 6.45) is 3.00. The van der Waals surface area contributed by atoms with Crippen LogP contribution >= 0.6 is 0 Å². The van der Waals surface area contributed by atoms with Crippen LogP contribution in [0.4, 0.5) is 17.5 Å². The predicted octanol–water partition coefficient (Wildman–Crippen LogP) is 3.88. The summed E-state index contributed by atoms with van der Waals surface area (Å²) in [5.74, 6) is 2.45. The summed E-state index contributed by atoms with van der Waals surface area (Å²) in [4.78, 5) is 14.0. The van der Waals surface area contributed by atoms with Crippen molar-refractivity contribution in [2.45, 2.75) is 34.1 Å². The quantitative estimate of drug-likeness (QED) is 0.854. The summed E-state index contributed by atoms with van der Waals surface area (Å²) in [5.41, 5.74) is 4.09. The van der Waals surface area contributed by atoms with Crippen molar-refractivity contribution in [3.8, 4) is 0 Å². The highest BCUT2D eigenvalue weighted by Crippen LogP contribution is 2.24. The standard InChI is InChI=1S/C21H31N5/c1-16(2)8-10-22-20-9-11-23-21(24-20)26-14-12-25(13-15-26)19-7-5-6-17(3)18(19)4/h5-7,9,11,16H,8,10,12-15H2,1-4H3,(H,22,23,24). The molecule has 26 heavy (non-hydrogen) atoms.